The molecule has 0 spiro atoms. The van der Waals surface area contributed by atoms with E-state index in [-0.39, 0.29) is 18.1 Å². The summed E-state index contributed by atoms with van der Waals surface area (Å²) in [7, 11) is 0. The molecule has 2 aromatic rings. The molecule has 0 fully saturated rings. The minimum atomic E-state index is -0.932. The average Bonchev–Trinajstić information content (AvgIpc) is 2.48. The molecule has 1 heterocycles. The zero-order valence-corrected chi connectivity index (χ0v) is 10.3. The maximum atomic E-state index is 13.4. The molecule has 5 nitrogen and oxygen atoms in total. The molecule has 2 rings (SSSR count). The summed E-state index contributed by atoms with van der Waals surface area (Å²) in [5.41, 5.74) is 6.51. The fourth-order valence-corrected chi connectivity index (χ4v) is 1.61. The molecule has 1 aromatic heterocycles. The van der Waals surface area contributed by atoms with Crippen molar-refractivity contribution in [2.24, 2.45) is 10.9 Å². The van der Waals surface area contributed by atoms with Crippen molar-refractivity contribution < 1.29 is 14.0 Å². The van der Waals surface area contributed by atoms with Crippen LogP contribution in [0.25, 0.3) is 0 Å². The zero-order valence-electron chi connectivity index (χ0n) is 10.3. The lowest BCUT2D eigenvalue weighted by atomic mass is 10.2. The number of amidine groups is 1. The van der Waals surface area contributed by atoms with Gasteiger partial charge in [-0.3, -0.25) is 4.98 Å². The van der Waals surface area contributed by atoms with E-state index in [9.17, 15) is 8.78 Å². The number of halogens is 2. The number of hydrogen-bond acceptors (Lipinski definition) is 4. The molecule has 0 amide bonds. The molecular weight excluding hydrogens is 266 g/mol. The fourth-order valence-electron chi connectivity index (χ4n) is 1.61. The Morgan fingerprint density at radius 1 is 1.35 bits per heavy atom. The minimum absolute atomic E-state index is 0.0622. The summed E-state index contributed by atoms with van der Waals surface area (Å²) in [5, 5.41) is 14.2. The monoisotopic (exact) mass is 278 g/mol. The summed E-state index contributed by atoms with van der Waals surface area (Å²) in [5.74, 6) is -1.97. The number of nitrogens with zero attached hydrogens (tertiary/aromatic N) is 2. The van der Waals surface area contributed by atoms with E-state index in [0.29, 0.717) is 5.69 Å². The lowest BCUT2D eigenvalue weighted by Crippen LogP contribution is -2.15. The van der Waals surface area contributed by atoms with Gasteiger partial charge in [-0.15, -0.1) is 0 Å². The van der Waals surface area contributed by atoms with Gasteiger partial charge in [-0.2, -0.15) is 0 Å². The first-order chi connectivity index (χ1) is 9.61. The number of anilines is 1. The topological polar surface area (TPSA) is 83.5 Å². The van der Waals surface area contributed by atoms with Gasteiger partial charge in [0, 0.05) is 12.7 Å². The van der Waals surface area contributed by atoms with Crippen LogP contribution in [0.3, 0.4) is 0 Å². The van der Waals surface area contributed by atoms with Gasteiger partial charge in [-0.25, -0.2) is 8.78 Å². The number of hydrogen-bond donors (Lipinski definition) is 3. The van der Waals surface area contributed by atoms with E-state index in [0.717, 1.165) is 11.6 Å². The van der Waals surface area contributed by atoms with Crippen molar-refractivity contribution in [3.8, 4) is 0 Å². The SMILES string of the molecule is NC(=NO)c1cc(CNc2cccc(F)c2F)ccn1. The second-order valence-corrected chi connectivity index (χ2v) is 3.99. The van der Waals surface area contributed by atoms with Gasteiger partial charge < -0.3 is 16.3 Å². The third-order valence-corrected chi connectivity index (χ3v) is 2.63. The summed E-state index contributed by atoms with van der Waals surface area (Å²) in [4.78, 5) is 3.92. The summed E-state index contributed by atoms with van der Waals surface area (Å²) in [6.45, 7) is 0.245. The van der Waals surface area contributed by atoms with Crippen LogP contribution in [-0.2, 0) is 6.54 Å². The Balaban J connectivity index is 2.13. The molecule has 0 saturated heterocycles. The van der Waals surface area contributed by atoms with Gasteiger partial charge in [-0.1, -0.05) is 11.2 Å². The van der Waals surface area contributed by atoms with Gasteiger partial charge in [0.15, 0.2) is 17.5 Å². The highest BCUT2D eigenvalue weighted by Gasteiger charge is 2.07. The number of benzene rings is 1. The smallest absolute Gasteiger partial charge is 0.188 e. The molecule has 0 aliphatic heterocycles. The predicted molar refractivity (Wildman–Crippen MR) is 70.4 cm³/mol. The third-order valence-electron chi connectivity index (χ3n) is 2.63. The predicted octanol–water partition coefficient (Wildman–Crippen LogP) is 2.07. The van der Waals surface area contributed by atoms with Gasteiger partial charge in [0.05, 0.1) is 5.69 Å². The summed E-state index contributed by atoms with van der Waals surface area (Å²) < 4.78 is 26.5. The second-order valence-electron chi connectivity index (χ2n) is 3.99. The summed E-state index contributed by atoms with van der Waals surface area (Å²) in [6, 6.07) is 7.15. The van der Waals surface area contributed by atoms with Crippen molar-refractivity contribution in [2.45, 2.75) is 6.54 Å². The first-order valence-corrected chi connectivity index (χ1v) is 5.72. The molecular formula is C13H12F2N4O. The van der Waals surface area contributed by atoms with Crippen LogP contribution in [0.15, 0.2) is 41.7 Å². The Hall–Kier alpha value is -2.70. The minimum Gasteiger partial charge on any atom is -0.409 e. The molecule has 4 N–H and O–H groups in total. The second kappa shape index (κ2) is 5.96. The maximum Gasteiger partial charge on any atom is 0.188 e. The lowest BCUT2D eigenvalue weighted by Gasteiger charge is -2.08. The van der Waals surface area contributed by atoms with Crippen molar-refractivity contribution in [1.82, 2.24) is 4.98 Å². The molecule has 20 heavy (non-hydrogen) atoms. The Labute approximate surface area is 113 Å². The Bertz CT molecular complexity index is 646. The number of nitrogens with two attached hydrogens (primary N) is 1. The molecule has 104 valence electrons. The van der Waals surface area contributed by atoms with Gasteiger partial charge >= 0.3 is 0 Å². The standard InChI is InChI=1S/C13H12F2N4O/c14-9-2-1-3-10(12(9)15)18-7-8-4-5-17-11(6-8)13(16)19-20/h1-6,18,20H,7H2,(H2,16,19). The highest BCUT2D eigenvalue weighted by Crippen LogP contribution is 2.17. The lowest BCUT2D eigenvalue weighted by molar-refractivity contribution is 0.318. The largest absolute Gasteiger partial charge is 0.409 e. The van der Waals surface area contributed by atoms with Gasteiger partial charge in [0.2, 0.25) is 0 Å². The molecule has 1 aromatic carbocycles. The van der Waals surface area contributed by atoms with Crippen molar-refractivity contribution in [1.29, 1.82) is 0 Å². The van der Waals surface area contributed by atoms with E-state index < -0.39 is 11.6 Å². The van der Waals surface area contributed by atoms with E-state index in [1.807, 2.05) is 0 Å². The fraction of sp³-hybridized carbons (Fsp3) is 0.0769. The van der Waals surface area contributed by atoms with Crippen LogP contribution >= 0.6 is 0 Å². The van der Waals surface area contributed by atoms with Crippen LogP contribution in [0.4, 0.5) is 14.5 Å². The average molecular weight is 278 g/mol. The summed E-state index contributed by atoms with van der Waals surface area (Å²) >= 11 is 0. The number of pyridine rings is 1. The normalized spacial score (nSPS) is 11.4. The number of rotatable bonds is 4. The molecule has 0 bridgehead atoms. The van der Waals surface area contributed by atoms with E-state index in [2.05, 4.69) is 15.5 Å². The van der Waals surface area contributed by atoms with Gasteiger partial charge in [-0.05, 0) is 29.8 Å². The quantitative estimate of drug-likeness (QED) is 0.346. The van der Waals surface area contributed by atoms with E-state index in [1.54, 1.807) is 12.1 Å². The highest BCUT2D eigenvalue weighted by molar-refractivity contribution is 5.95. The van der Waals surface area contributed by atoms with Gasteiger partial charge in [0.1, 0.15) is 5.69 Å². The molecule has 0 aliphatic rings. The Kier molecular flexibility index (Phi) is 4.09. The molecule has 7 heteroatoms. The van der Waals surface area contributed by atoms with E-state index in [1.165, 1.54) is 18.3 Å². The van der Waals surface area contributed by atoms with Crippen LogP contribution in [0.5, 0.6) is 0 Å². The number of oxime groups is 1. The van der Waals surface area contributed by atoms with E-state index >= 15 is 0 Å². The maximum absolute atomic E-state index is 13.4. The molecule has 0 aliphatic carbocycles. The third kappa shape index (κ3) is 3.00. The van der Waals surface area contributed by atoms with Crippen molar-refractivity contribution in [2.75, 3.05) is 5.32 Å². The first-order valence-electron chi connectivity index (χ1n) is 5.72. The Morgan fingerprint density at radius 2 is 2.15 bits per heavy atom. The van der Waals surface area contributed by atoms with Crippen LogP contribution in [0, 0.1) is 11.6 Å². The first kappa shape index (κ1) is 13.7. The van der Waals surface area contributed by atoms with Crippen LogP contribution < -0.4 is 11.1 Å². The van der Waals surface area contributed by atoms with Crippen LogP contribution in [0.2, 0.25) is 0 Å². The molecule has 0 atom stereocenters. The zero-order chi connectivity index (χ0) is 14.5. The van der Waals surface area contributed by atoms with Crippen LogP contribution in [-0.4, -0.2) is 16.0 Å². The number of aromatic nitrogens is 1. The van der Waals surface area contributed by atoms with Crippen molar-refractivity contribution in [3.63, 3.8) is 0 Å². The number of nitrogens with one attached hydrogen (secondary N) is 1. The molecule has 0 saturated carbocycles. The van der Waals surface area contributed by atoms with Crippen molar-refractivity contribution in [3.05, 3.63) is 59.4 Å². The van der Waals surface area contributed by atoms with Crippen LogP contribution in [0.1, 0.15) is 11.3 Å². The van der Waals surface area contributed by atoms with E-state index in [4.69, 9.17) is 10.9 Å². The Morgan fingerprint density at radius 3 is 2.90 bits per heavy atom. The molecule has 0 unspecified atom stereocenters. The van der Waals surface area contributed by atoms with Gasteiger partial charge in [0.25, 0.3) is 0 Å². The van der Waals surface area contributed by atoms with Crippen molar-refractivity contribution >= 4 is 11.5 Å². The highest BCUT2D eigenvalue weighted by atomic mass is 19.2. The molecule has 0 radical (unpaired) electrons. The summed E-state index contributed by atoms with van der Waals surface area (Å²) in [6.07, 6.45) is 1.48.